The van der Waals surface area contributed by atoms with Crippen LogP contribution in [-0.4, -0.2) is 14.5 Å². The minimum atomic E-state index is -1.79. The van der Waals surface area contributed by atoms with Crippen LogP contribution < -0.4 is 29.6 Å². The van der Waals surface area contributed by atoms with Gasteiger partial charge in [0.25, 0.3) is 0 Å². The van der Waals surface area contributed by atoms with Crippen molar-refractivity contribution in [2.75, 3.05) is 5.75 Å². The molecule has 1 atom stereocenters. The fraction of sp³-hybridized carbons (Fsp3) is 1.00. The molecule has 2 nitrogen and oxygen atoms in total. The maximum absolute atomic E-state index is 10.0. The quantitative estimate of drug-likeness (QED) is 0.332. The second-order valence-corrected chi connectivity index (χ2v) is 3.21. The van der Waals surface area contributed by atoms with Crippen LogP contribution in [0.3, 0.4) is 0 Å². The van der Waals surface area contributed by atoms with Crippen LogP contribution in [0.1, 0.15) is 19.3 Å². The molecule has 0 amide bonds. The zero-order valence-corrected chi connectivity index (χ0v) is 8.45. The molecule has 1 rings (SSSR count). The Bertz CT molecular complexity index is 103. The van der Waals surface area contributed by atoms with Crippen LogP contribution in [0, 0.1) is 5.92 Å². The van der Waals surface area contributed by atoms with Crippen LogP contribution >= 0.6 is 0 Å². The molecular weight excluding hydrogens is 147 g/mol. The Labute approximate surface area is 80.0 Å². The van der Waals surface area contributed by atoms with E-state index in [0.29, 0.717) is 11.7 Å². The third-order valence-corrected chi connectivity index (χ3v) is 2.34. The predicted octanol–water partition coefficient (Wildman–Crippen LogP) is -2.33. The van der Waals surface area contributed by atoms with Gasteiger partial charge in [-0.1, -0.05) is 17.5 Å². The molecule has 1 unspecified atom stereocenters. The van der Waals surface area contributed by atoms with Gasteiger partial charge in [0.15, 0.2) is 0 Å². The summed E-state index contributed by atoms with van der Waals surface area (Å²) in [6.07, 6.45) is 3.46. The first-order valence-corrected chi connectivity index (χ1v) is 4.09. The molecule has 0 spiro atoms. The standard InChI is InChI=1S/C5H10O2S.Na/c6-8(7)4-5-2-1-3-5;/h5H,1-4H2,(H,6,7);/q;+1/p-1. The first-order valence-electron chi connectivity index (χ1n) is 2.85. The Kier molecular flexibility index (Phi) is 5.45. The van der Waals surface area contributed by atoms with E-state index in [4.69, 9.17) is 0 Å². The largest absolute Gasteiger partial charge is 1.00 e. The van der Waals surface area contributed by atoms with Gasteiger partial charge >= 0.3 is 29.6 Å². The number of hydrogen-bond acceptors (Lipinski definition) is 2. The molecule has 0 aromatic carbocycles. The van der Waals surface area contributed by atoms with Crippen molar-refractivity contribution >= 4 is 11.1 Å². The molecule has 0 bridgehead atoms. The molecule has 0 saturated heterocycles. The minimum absolute atomic E-state index is 0. The molecule has 1 aliphatic carbocycles. The Morgan fingerprint density at radius 3 is 2.22 bits per heavy atom. The summed E-state index contributed by atoms with van der Waals surface area (Å²) in [5, 5.41) is 0. The molecule has 0 aromatic heterocycles. The number of hydrogen-bond donors (Lipinski definition) is 0. The van der Waals surface area contributed by atoms with Gasteiger partial charge in [-0.15, -0.1) is 0 Å². The van der Waals surface area contributed by atoms with E-state index in [1.807, 2.05) is 0 Å². The molecule has 4 heteroatoms. The zero-order valence-electron chi connectivity index (χ0n) is 5.63. The second kappa shape index (κ2) is 4.85. The molecule has 0 aromatic rings. The summed E-state index contributed by atoms with van der Waals surface area (Å²) in [7, 11) is 0. The Hall–Kier alpha value is 1.11. The maximum Gasteiger partial charge on any atom is 1.00 e. The van der Waals surface area contributed by atoms with Crippen molar-refractivity contribution in [1.29, 1.82) is 0 Å². The molecule has 0 radical (unpaired) electrons. The molecule has 1 fully saturated rings. The molecular formula is C5H9NaO2S. The van der Waals surface area contributed by atoms with Gasteiger partial charge in [-0.05, 0) is 18.8 Å². The summed E-state index contributed by atoms with van der Waals surface area (Å²) in [5.41, 5.74) is 0. The molecule has 9 heavy (non-hydrogen) atoms. The summed E-state index contributed by atoms with van der Waals surface area (Å²) in [6.45, 7) is 0. The van der Waals surface area contributed by atoms with Gasteiger partial charge in [0, 0.05) is 5.75 Å². The maximum atomic E-state index is 10.0. The Morgan fingerprint density at radius 1 is 1.56 bits per heavy atom. The van der Waals surface area contributed by atoms with Crippen LogP contribution in [-0.2, 0) is 11.1 Å². The van der Waals surface area contributed by atoms with Crippen molar-refractivity contribution in [1.82, 2.24) is 0 Å². The summed E-state index contributed by atoms with van der Waals surface area (Å²) in [5.74, 6) is 0.883. The summed E-state index contributed by atoms with van der Waals surface area (Å²) in [6, 6.07) is 0. The zero-order chi connectivity index (χ0) is 5.98. The molecule has 0 aliphatic heterocycles. The predicted molar refractivity (Wildman–Crippen MR) is 31.1 cm³/mol. The van der Waals surface area contributed by atoms with Crippen molar-refractivity contribution in [2.24, 2.45) is 5.92 Å². The third kappa shape index (κ3) is 3.73. The topological polar surface area (TPSA) is 40.1 Å². The molecule has 1 saturated carbocycles. The van der Waals surface area contributed by atoms with Crippen LogP contribution in [0.2, 0.25) is 0 Å². The van der Waals surface area contributed by atoms with Crippen molar-refractivity contribution in [3.63, 3.8) is 0 Å². The van der Waals surface area contributed by atoms with E-state index in [2.05, 4.69) is 0 Å². The van der Waals surface area contributed by atoms with E-state index in [1.165, 1.54) is 6.42 Å². The van der Waals surface area contributed by atoms with Crippen LogP contribution in [0.4, 0.5) is 0 Å². The van der Waals surface area contributed by atoms with Crippen LogP contribution in [0.5, 0.6) is 0 Å². The molecule has 48 valence electrons. The summed E-state index contributed by atoms with van der Waals surface area (Å²) < 4.78 is 20.0. The monoisotopic (exact) mass is 156 g/mol. The van der Waals surface area contributed by atoms with Crippen molar-refractivity contribution in [3.8, 4) is 0 Å². The van der Waals surface area contributed by atoms with E-state index in [9.17, 15) is 8.76 Å². The first kappa shape index (κ1) is 10.1. The van der Waals surface area contributed by atoms with Gasteiger partial charge in [-0.3, -0.25) is 4.21 Å². The van der Waals surface area contributed by atoms with E-state index in [1.54, 1.807) is 0 Å². The third-order valence-electron chi connectivity index (χ3n) is 1.60. The fourth-order valence-corrected chi connectivity index (χ4v) is 1.57. The van der Waals surface area contributed by atoms with Gasteiger partial charge in [0.05, 0.1) is 0 Å². The van der Waals surface area contributed by atoms with Crippen molar-refractivity contribution in [3.05, 3.63) is 0 Å². The van der Waals surface area contributed by atoms with Crippen molar-refractivity contribution in [2.45, 2.75) is 19.3 Å². The first-order chi connectivity index (χ1) is 3.79. The average molecular weight is 156 g/mol. The smallest absolute Gasteiger partial charge is 0.772 e. The van der Waals surface area contributed by atoms with Crippen LogP contribution in [0.15, 0.2) is 0 Å². The van der Waals surface area contributed by atoms with E-state index in [0.717, 1.165) is 12.8 Å². The van der Waals surface area contributed by atoms with Gasteiger partial charge in [0.2, 0.25) is 0 Å². The van der Waals surface area contributed by atoms with Gasteiger partial charge in [-0.25, -0.2) is 0 Å². The van der Waals surface area contributed by atoms with E-state index in [-0.39, 0.29) is 29.6 Å². The fourth-order valence-electron chi connectivity index (χ4n) is 0.852. The molecule has 1 aliphatic rings. The second-order valence-electron chi connectivity index (χ2n) is 2.27. The van der Waals surface area contributed by atoms with Gasteiger partial charge < -0.3 is 4.55 Å². The van der Waals surface area contributed by atoms with E-state index >= 15 is 0 Å². The number of rotatable bonds is 2. The normalized spacial score (nSPS) is 21.9. The van der Waals surface area contributed by atoms with Gasteiger partial charge in [-0.2, -0.15) is 0 Å². The van der Waals surface area contributed by atoms with Gasteiger partial charge in [0.1, 0.15) is 0 Å². The van der Waals surface area contributed by atoms with E-state index < -0.39 is 11.1 Å². The molecule has 0 heterocycles. The minimum Gasteiger partial charge on any atom is -0.772 e. The Morgan fingerprint density at radius 2 is 2.11 bits per heavy atom. The SMILES string of the molecule is O=S([O-])CC1CCC1.[Na+]. The van der Waals surface area contributed by atoms with Crippen LogP contribution in [0.25, 0.3) is 0 Å². The van der Waals surface area contributed by atoms with Crippen molar-refractivity contribution < 1.29 is 38.3 Å². The summed E-state index contributed by atoms with van der Waals surface area (Å²) >= 11 is -1.79. The Balaban J connectivity index is 0.000000640. The average Bonchev–Trinajstić information content (AvgIpc) is 1.55. The molecule has 0 N–H and O–H groups in total. The summed E-state index contributed by atoms with van der Waals surface area (Å²) in [4.78, 5) is 0.